The summed E-state index contributed by atoms with van der Waals surface area (Å²) in [6, 6.07) is -1.85. The molecular formula is C43H80N4O5. The molecule has 0 fully saturated rings. The van der Waals surface area contributed by atoms with E-state index in [-0.39, 0.29) is 25.2 Å². The third-order valence-electron chi connectivity index (χ3n) is 10.0. The number of nitrogens with two attached hydrogens (primary N) is 1. The van der Waals surface area contributed by atoms with Crippen LogP contribution in [0.25, 0.3) is 0 Å². The monoisotopic (exact) mass is 733 g/mol. The van der Waals surface area contributed by atoms with Crippen molar-refractivity contribution in [3.63, 3.8) is 0 Å². The number of hydrogen-bond donors (Lipinski definition) is 3. The van der Waals surface area contributed by atoms with E-state index in [9.17, 15) is 14.4 Å². The van der Waals surface area contributed by atoms with Crippen LogP contribution in [0.1, 0.15) is 212 Å². The van der Waals surface area contributed by atoms with Crippen LogP contribution in [0.5, 0.6) is 0 Å². The second kappa shape index (κ2) is 35.6. The maximum absolute atomic E-state index is 13.0. The molecule has 4 N–H and O–H groups in total. The van der Waals surface area contributed by atoms with Crippen LogP contribution in [0.2, 0.25) is 0 Å². The van der Waals surface area contributed by atoms with Crippen LogP contribution in [0, 0.1) is 0 Å². The molecule has 0 saturated heterocycles. The summed E-state index contributed by atoms with van der Waals surface area (Å²) < 4.78 is 11.0. The molecule has 0 bridgehead atoms. The van der Waals surface area contributed by atoms with Crippen molar-refractivity contribution in [1.82, 2.24) is 15.3 Å². The van der Waals surface area contributed by atoms with Crippen LogP contribution < -0.4 is 11.1 Å². The summed E-state index contributed by atoms with van der Waals surface area (Å²) >= 11 is 0. The molecule has 0 aliphatic carbocycles. The molecule has 0 spiro atoms. The molecule has 52 heavy (non-hydrogen) atoms. The Morgan fingerprint density at radius 1 is 0.635 bits per heavy atom. The lowest BCUT2D eigenvalue weighted by Crippen LogP contribution is -2.50. The highest BCUT2D eigenvalue weighted by molar-refractivity contribution is 5.87. The zero-order valence-corrected chi connectivity index (χ0v) is 33.7. The van der Waals surface area contributed by atoms with E-state index in [1.54, 1.807) is 12.4 Å². The molecule has 1 rings (SSSR count). The van der Waals surface area contributed by atoms with Gasteiger partial charge in [-0.3, -0.25) is 9.59 Å². The molecule has 0 saturated carbocycles. The van der Waals surface area contributed by atoms with Crippen molar-refractivity contribution in [2.75, 3.05) is 13.2 Å². The molecule has 0 aliphatic rings. The molecule has 302 valence electrons. The normalized spacial score (nSPS) is 12.4. The van der Waals surface area contributed by atoms with Gasteiger partial charge in [0.2, 0.25) is 5.91 Å². The maximum atomic E-state index is 13.0. The first-order valence-corrected chi connectivity index (χ1v) is 21.8. The molecular weight excluding hydrogens is 652 g/mol. The molecule has 9 nitrogen and oxygen atoms in total. The highest BCUT2D eigenvalue weighted by Gasteiger charge is 2.26. The molecule has 2 atom stereocenters. The average Bonchev–Trinajstić information content (AvgIpc) is 3.66. The van der Waals surface area contributed by atoms with Gasteiger partial charge in [0.25, 0.3) is 0 Å². The lowest BCUT2D eigenvalue weighted by Gasteiger charge is -2.19. The molecule has 2 unspecified atom stereocenters. The quantitative estimate of drug-likeness (QED) is 0.0455. The van der Waals surface area contributed by atoms with Gasteiger partial charge in [0.15, 0.2) is 0 Å². The molecule has 0 aliphatic heterocycles. The van der Waals surface area contributed by atoms with E-state index in [1.807, 2.05) is 0 Å². The van der Waals surface area contributed by atoms with Gasteiger partial charge < -0.3 is 25.5 Å². The molecule has 0 radical (unpaired) electrons. The van der Waals surface area contributed by atoms with Crippen molar-refractivity contribution in [2.24, 2.45) is 5.73 Å². The van der Waals surface area contributed by atoms with Gasteiger partial charge in [-0.15, -0.1) is 0 Å². The van der Waals surface area contributed by atoms with Crippen LogP contribution in [0.4, 0.5) is 0 Å². The van der Waals surface area contributed by atoms with Gasteiger partial charge in [-0.05, 0) is 19.3 Å². The van der Waals surface area contributed by atoms with E-state index in [4.69, 9.17) is 15.2 Å². The number of amides is 1. The highest BCUT2D eigenvalue weighted by atomic mass is 16.5. The number of aromatic amines is 1. The number of unbranched alkanes of at least 4 members (excludes halogenated alkanes) is 26. The molecule has 9 heteroatoms. The minimum absolute atomic E-state index is 0.0188. The number of nitrogens with zero attached hydrogens (tertiary/aromatic N) is 1. The van der Waals surface area contributed by atoms with Gasteiger partial charge in [0.1, 0.15) is 11.9 Å². The Hall–Kier alpha value is -2.42. The fraction of sp³-hybridized carbons (Fsp3) is 0.860. The molecule has 1 amide bonds. The maximum Gasteiger partial charge on any atom is 0.328 e. The van der Waals surface area contributed by atoms with Crippen LogP contribution >= 0.6 is 0 Å². The van der Waals surface area contributed by atoms with Crippen LogP contribution in [-0.4, -0.2) is 53.1 Å². The second-order valence-electron chi connectivity index (χ2n) is 15.0. The number of hydrogen-bond acceptors (Lipinski definition) is 7. The topological polar surface area (TPSA) is 136 Å². The Kier molecular flexibility index (Phi) is 32.6. The first kappa shape index (κ1) is 47.6. The number of rotatable bonds is 38. The minimum atomic E-state index is -0.963. The Bertz CT molecular complexity index is 957. The number of nitrogens with one attached hydrogen (secondary N) is 2. The molecule has 1 aromatic heterocycles. The van der Waals surface area contributed by atoms with Gasteiger partial charge >= 0.3 is 11.9 Å². The van der Waals surface area contributed by atoms with E-state index in [0.29, 0.717) is 19.0 Å². The number of carbonyl (C=O) groups excluding carboxylic acids is 3. The fourth-order valence-electron chi connectivity index (χ4n) is 6.63. The van der Waals surface area contributed by atoms with Crippen molar-refractivity contribution in [3.05, 3.63) is 18.2 Å². The summed E-state index contributed by atoms with van der Waals surface area (Å²) in [5.41, 5.74) is 6.10. The zero-order chi connectivity index (χ0) is 37.7. The molecule has 1 heterocycles. The standard InChI is InChI=1S/C43H80N4O5/c1-3-5-7-9-11-13-15-17-19-21-23-25-27-29-35-51-41(48)32-31-39(47-42(49)38(44)37-40-45-33-34-46-40)43(50)52-36-30-28-26-24-22-20-18-16-14-12-10-8-6-4-2/h33-34,38-39H,3-32,35-37,44H2,1-2H3,(H,45,46)(H,47,49). The van der Waals surface area contributed by atoms with Crippen LogP contribution in [0.3, 0.4) is 0 Å². The van der Waals surface area contributed by atoms with E-state index < -0.39 is 24.0 Å². The van der Waals surface area contributed by atoms with Gasteiger partial charge in [0, 0.05) is 25.2 Å². The Morgan fingerprint density at radius 2 is 1.04 bits per heavy atom. The van der Waals surface area contributed by atoms with Crippen molar-refractivity contribution < 1.29 is 23.9 Å². The van der Waals surface area contributed by atoms with Crippen molar-refractivity contribution in [3.8, 4) is 0 Å². The fourth-order valence-corrected chi connectivity index (χ4v) is 6.63. The van der Waals surface area contributed by atoms with Crippen molar-refractivity contribution in [2.45, 2.75) is 225 Å². The lowest BCUT2D eigenvalue weighted by atomic mass is 10.0. The van der Waals surface area contributed by atoms with E-state index in [0.717, 1.165) is 38.5 Å². The minimum Gasteiger partial charge on any atom is -0.466 e. The van der Waals surface area contributed by atoms with Gasteiger partial charge in [0.05, 0.1) is 19.3 Å². The van der Waals surface area contributed by atoms with Crippen LogP contribution in [-0.2, 0) is 30.3 Å². The van der Waals surface area contributed by atoms with Crippen molar-refractivity contribution >= 4 is 17.8 Å². The van der Waals surface area contributed by atoms with Crippen molar-refractivity contribution in [1.29, 1.82) is 0 Å². The summed E-state index contributed by atoms with van der Waals surface area (Å²) in [6.45, 7) is 5.20. The number of esters is 2. The third-order valence-corrected chi connectivity index (χ3v) is 10.0. The summed E-state index contributed by atoms with van der Waals surface area (Å²) in [6.07, 6.45) is 39.0. The predicted molar refractivity (Wildman–Crippen MR) is 214 cm³/mol. The summed E-state index contributed by atoms with van der Waals surface area (Å²) in [7, 11) is 0. The van der Waals surface area contributed by atoms with E-state index in [2.05, 4.69) is 29.1 Å². The zero-order valence-electron chi connectivity index (χ0n) is 33.7. The first-order chi connectivity index (χ1) is 25.5. The third kappa shape index (κ3) is 29.1. The summed E-state index contributed by atoms with van der Waals surface area (Å²) in [5, 5.41) is 2.72. The largest absolute Gasteiger partial charge is 0.466 e. The van der Waals surface area contributed by atoms with Gasteiger partial charge in [-0.2, -0.15) is 0 Å². The first-order valence-electron chi connectivity index (χ1n) is 21.8. The highest BCUT2D eigenvalue weighted by Crippen LogP contribution is 2.15. The number of imidazole rings is 1. The van der Waals surface area contributed by atoms with Gasteiger partial charge in [-0.25, -0.2) is 9.78 Å². The number of ether oxygens (including phenoxy) is 2. The smallest absolute Gasteiger partial charge is 0.328 e. The second-order valence-corrected chi connectivity index (χ2v) is 15.0. The summed E-state index contributed by atoms with van der Waals surface area (Å²) in [4.78, 5) is 45.5. The number of H-pyrrole nitrogens is 1. The van der Waals surface area contributed by atoms with E-state index >= 15 is 0 Å². The number of carbonyl (C=O) groups is 3. The molecule has 0 aromatic carbocycles. The van der Waals surface area contributed by atoms with Gasteiger partial charge in [-0.1, -0.05) is 181 Å². The van der Waals surface area contributed by atoms with E-state index in [1.165, 1.54) is 141 Å². The lowest BCUT2D eigenvalue weighted by molar-refractivity contribution is -0.149. The summed E-state index contributed by atoms with van der Waals surface area (Å²) in [5.74, 6) is -0.793. The Balaban J connectivity index is 2.24. The molecule has 1 aromatic rings. The van der Waals surface area contributed by atoms with Crippen LogP contribution in [0.15, 0.2) is 12.4 Å². The number of aromatic nitrogens is 2. The predicted octanol–water partition coefficient (Wildman–Crippen LogP) is 10.6. The Labute approximate surface area is 318 Å². The SMILES string of the molecule is CCCCCCCCCCCCCCCCOC(=O)CCC(NC(=O)C(N)Cc1ncc[nH]1)C(=O)OCCCCCCCCCCCCCCCC. The average molecular weight is 733 g/mol. The Morgan fingerprint density at radius 3 is 1.44 bits per heavy atom.